The van der Waals surface area contributed by atoms with Crippen molar-refractivity contribution in [1.82, 2.24) is 0 Å². The summed E-state index contributed by atoms with van der Waals surface area (Å²) in [6.45, 7) is 0. The molecule has 0 aliphatic carbocycles. The van der Waals surface area contributed by atoms with Gasteiger partial charge in [0.25, 0.3) is 0 Å². The standard InChI is InChI=1S/C13H7F3INO3/c14-13(15,16)8-5-6-12(10(7-8)18(19)20)21-11-4-2-1-3-9(11)17/h1-7H. The summed E-state index contributed by atoms with van der Waals surface area (Å²) in [4.78, 5) is 10.0. The van der Waals surface area contributed by atoms with Crippen LogP contribution in [0.25, 0.3) is 0 Å². The molecule has 110 valence electrons. The number of benzene rings is 2. The van der Waals surface area contributed by atoms with Gasteiger partial charge < -0.3 is 4.74 Å². The van der Waals surface area contributed by atoms with Crippen molar-refractivity contribution in [1.29, 1.82) is 0 Å². The highest BCUT2D eigenvalue weighted by Gasteiger charge is 2.33. The second-order valence-electron chi connectivity index (χ2n) is 3.97. The van der Waals surface area contributed by atoms with Crippen LogP contribution in [0.3, 0.4) is 0 Å². The molecule has 0 saturated carbocycles. The number of rotatable bonds is 3. The van der Waals surface area contributed by atoms with Crippen LogP contribution in [0.15, 0.2) is 42.5 Å². The van der Waals surface area contributed by atoms with Gasteiger partial charge in [-0.1, -0.05) is 12.1 Å². The zero-order valence-corrected chi connectivity index (χ0v) is 12.4. The third kappa shape index (κ3) is 3.63. The van der Waals surface area contributed by atoms with Crippen LogP contribution in [0.4, 0.5) is 18.9 Å². The van der Waals surface area contributed by atoms with Crippen molar-refractivity contribution in [3.63, 3.8) is 0 Å². The monoisotopic (exact) mass is 409 g/mol. The third-order valence-corrected chi connectivity index (χ3v) is 3.43. The predicted octanol–water partition coefficient (Wildman–Crippen LogP) is 5.01. The van der Waals surface area contributed by atoms with Gasteiger partial charge in [-0.3, -0.25) is 10.1 Å². The average molecular weight is 409 g/mol. The summed E-state index contributed by atoms with van der Waals surface area (Å²) < 4.78 is 43.8. The molecule has 0 heterocycles. The first-order valence-corrected chi connectivity index (χ1v) is 6.65. The van der Waals surface area contributed by atoms with Crippen molar-refractivity contribution in [2.75, 3.05) is 0 Å². The van der Waals surface area contributed by atoms with Gasteiger partial charge in [0.1, 0.15) is 5.75 Å². The Balaban J connectivity index is 2.45. The van der Waals surface area contributed by atoms with Gasteiger partial charge in [-0.05, 0) is 46.9 Å². The second-order valence-corrected chi connectivity index (χ2v) is 5.13. The number of nitro benzene ring substituents is 1. The maximum atomic E-state index is 12.6. The Bertz CT molecular complexity index is 689. The van der Waals surface area contributed by atoms with Crippen LogP contribution in [0.1, 0.15) is 5.56 Å². The Morgan fingerprint density at radius 2 is 1.76 bits per heavy atom. The SMILES string of the molecule is O=[N+]([O-])c1cc(C(F)(F)F)ccc1Oc1ccccc1I. The first-order chi connectivity index (χ1) is 9.79. The summed E-state index contributed by atoms with van der Waals surface area (Å²) in [5.41, 5.74) is -1.83. The Labute approximate surface area is 130 Å². The number of para-hydroxylation sites is 1. The number of nitro groups is 1. The maximum absolute atomic E-state index is 12.6. The fraction of sp³-hybridized carbons (Fsp3) is 0.0769. The number of nitrogens with zero attached hydrogens (tertiary/aromatic N) is 1. The molecule has 0 N–H and O–H groups in total. The summed E-state index contributed by atoms with van der Waals surface area (Å²) in [7, 11) is 0. The summed E-state index contributed by atoms with van der Waals surface area (Å²) in [5.74, 6) is 0.0954. The van der Waals surface area contributed by atoms with E-state index in [0.29, 0.717) is 15.4 Å². The summed E-state index contributed by atoms with van der Waals surface area (Å²) in [6, 6.07) is 8.85. The maximum Gasteiger partial charge on any atom is 0.416 e. The fourth-order valence-electron chi connectivity index (χ4n) is 1.57. The Morgan fingerprint density at radius 1 is 1.10 bits per heavy atom. The van der Waals surface area contributed by atoms with Crippen molar-refractivity contribution in [3.8, 4) is 11.5 Å². The highest BCUT2D eigenvalue weighted by Crippen LogP contribution is 2.38. The zero-order valence-electron chi connectivity index (χ0n) is 10.2. The number of hydrogen-bond acceptors (Lipinski definition) is 3. The van der Waals surface area contributed by atoms with Crippen molar-refractivity contribution >= 4 is 28.3 Å². The van der Waals surface area contributed by atoms with Gasteiger partial charge in [0.2, 0.25) is 5.75 Å². The van der Waals surface area contributed by atoms with Gasteiger partial charge >= 0.3 is 11.9 Å². The van der Waals surface area contributed by atoms with Crippen LogP contribution >= 0.6 is 22.6 Å². The van der Waals surface area contributed by atoms with Gasteiger partial charge in [-0.15, -0.1) is 0 Å². The van der Waals surface area contributed by atoms with Crippen molar-refractivity contribution < 1.29 is 22.8 Å². The van der Waals surface area contributed by atoms with E-state index >= 15 is 0 Å². The van der Waals surface area contributed by atoms with Crippen LogP contribution < -0.4 is 4.74 Å². The van der Waals surface area contributed by atoms with Crippen LogP contribution in [0.2, 0.25) is 0 Å². The van der Waals surface area contributed by atoms with Gasteiger partial charge in [0.15, 0.2) is 0 Å². The van der Waals surface area contributed by atoms with Crippen LogP contribution in [-0.2, 0) is 6.18 Å². The molecule has 0 amide bonds. The van der Waals surface area contributed by atoms with Gasteiger partial charge in [0, 0.05) is 6.07 Å². The van der Waals surface area contributed by atoms with E-state index in [9.17, 15) is 23.3 Å². The molecular weight excluding hydrogens is 402 g/mol. The van der Waals surface area contributed by atoms with Crippen molar-refractivity contribution in [2.45, 2.75) is 6.18 Å². The van der Waals surface area contributed by atoms with E-state index in [1.165, 1.54) is 0 Å². The fourth-order valence-corrected chi connectivity index (χ4v) is 2.07. The number of ether oxygens (including phenoxy) is 1. The quantitative estimate of drug-likeness (QED) is 0.407. The summed E-state index contributed by atoms with van der Waals surface area (Å²) in [6.07, 6.45) is -4.65. The number of halogens is 4. The normalized spacial score (nSPS) is 11.2. The molecule has 0 bridgehead atoms. The minimum atomic E-state index is -4.65. The van der Waals surface area contributed by atoms with E-state index in [1.54, 1.807) is 24.3 Å². The largest absolute Gasteiger partial charge is 0.449 e. The zero-order chi connectivity index (χ0) is 15.6. The molecule has 0 fully saturated rings. The van der Waals surface area contributed by atoms with Gasteiger partial charge in [0.05, 0.1) is 14.1 Å². The first-order valence-electron chi connectivity index (χ1n) is 5.57. The molecule has 4 nitrogen and oxygen atoms in total. The molecule has 0 spiro atoms. The molecule has 2 aromatic rings. The lowest BCUT2D eigenvalue weighted by molar-refractivity contribution is -0.385. The molecule has 2 aromatic carbocycles. The molecule has 0 aliphatic heterocycles. The smallest absolute Gasteiger partial charge is 0.416 e. The molecule has 0 aliphatic rings. The summed E-state index contributed by atoms with van der Waals surface area (Å²) in [5, 5.41) is 10.9. The van der Waals surface area contributed by atoms with Crippen LogP contribution in [0.5, 0.6) is 11.5 Å². The molecule has 2 rings (SSSR count). The molecule has 8 heteroatoms. The lowest BCUT2D eigenvalue weighted by Gasteiger charge is -2.10. The highest BCUT2D eigenvalue weighted by atomic mass is 127. The average Bonchev–Trinajstić information content (AvgIpc) is 2.40. The topological polar surface area (TPSA) is 52.4 Å². The van der Waals surface area contributed by atoms with E-state index in [0.717, 1.165) is 12.1 Å². The second kappa shape index (κ2) is 5.88. The van der Waals surface area contributed by atoms with E-state index in [1.807, 2.05) is 22.6 Å². The Kier molecular flexibility index (Phi) is 4.35. The predicted molar refractivity (Wildman–Crippen MR) is 77.3 cm³/mol. The van der Waals surface area contributed by atoms with Gasteiger partial charge in [-0.2, -0.15) is 13.2 Å². The molecule has 0 radical (unpaired) electrons. The lowest BCUT2D eigenvalue weighted by Crippen LogP contribution is -2.06. The molecule has 0 atom stereocenters. The van der Waals surface area contributed by atoms with E-state index in [2.05, 4.69) is 0 Å². The summed E-state index contributed by atoms with van der Waals surface area (Å²) >= 11 is 1.96. The molecule has 0 saturated heterocycles. The Hall–Kier alpha value is -1.84. The molecule has 0 unspecified atom stereocenters. The molecule has 0 aromatic heterocycles. The molecular formula is C13H7F3INO3. The minimum Gasteiger partial charge on any atom is -0.449 e. The van der Waals surface area contributed by atoms with Crippen molar-refractivity contribution in [3.05, 3.63) is 61.7 Å². The van der Waals surface area contributed by atoms with E-state index in [4.69, 9.17) is 4.74 Å². The van der Waals surface area contributed by atoms with Crippen LogP contribution in [-0.4, -0.2) is 4.92 Å². The first kappa shape index (κ1) is 15.5. The minimum absolute atomic E-state index is 0.239. The van der Waals surface area contributed by atoms with Crippen LogP contribution in [0, 0.1) is 13.7 Å². The number of alkyl halides is 3. The lowest BCUT2D eigenvalue weighted by atomic mass is 10.2. The van der Waals surface area contributed by atoms with Crippen molar-refractivity contribution in [2.24, 2.45) is 0 Å². The van der Waals surface area contributed by atoms with E-state index < -0.39 is 22.4 Å². The van der Waals surface area contributed by atoms with Gasteiger partial charge in [-0.25, -0.2) is 0 Å². The number of hydrogen-bond donors (Lipinski definition) is 0. The van der Waals surface area contributed by atoms with E-state index in [-0.39, 0.29) is 5.75 Å². The third-order valence-electron chi connectivity index (χ3n) is 2.54. The Morgan fingerprint density at radius 3 is 2.33 bits per heavy atom. The molecule has 21 heavy (non-hydrogen) atoms. The highest BCUT2D eigenvalue weighted by molar-refractivity contribution is 14.1.